The van der Waals surface area contributed by atoms with Crippen LogP contribution < -0.4 is 5.01 Å². The van der Waals surface area contributed by atoms with Gasteiger partial charge in [-0.1, -0.05) is 18.2 Å². The molecule has 1 saturated heterocycles. The number of carbonyl (C=O) groups is 2. The molecule has 0 spiro atoms. The van der Waals surface area contributed by atoms with Crippen LogP contribution in [0.25, 0.3) is 0 Å². The molecule has 0 bridgehead atoms. The van der Waals surface area contributed by atoms with Crippen molar-refractivity contribution in [3.8, 4) is 0 Å². The van der Waals surface area contributed by atoms with Crippen molar-refractivity contribution in [3.05, 3.63) is 42.5 Å². The largest absolute Gasteiger partial charge is 0.480 e. The van der Waals surface area contributed by atoms with Crippen molar-refractivity contribution >= 4 is 23.3 Å². The summed E-state index contributed by atoms with van der Waals surface area (Å²) in [7, 11) is 1.85. The number of carboxylic acids is 1. The van der Waals surface area contributed by atoms with Crippen LogP contribution in [0.2, 0.25) is 0 Å². The first-order chi connectivity index (χ1) is 13.1. The van der Waals surface area contributed by atoms with E-state index in [1.54, 1.807) is 23.4 Å². The van der Waals surface area contributed by atoms with Gasteiger partial charge in [-0.05, 0) is 25.0 Å². The third-order valence-corrected chi connectivity index (χ3v) is 5.02. The maximum atomic E-state index is 13.1. The Hall–Kier alpha value is -3.23. The van der Waals surface area contributed by atoms with Gasteiger partial charge < -0.3 is 14.6 Å². The molecule has 1 N–H and O–H groups in total. The molecule has 9 nitrogen and oxygen atoms in total. The van der Waals surface area contributed by atoms with E-state index in [4.69, 9.17) is 0 Å². The molecular weight excluding hydrogens is 348 g/mol. The van der Waals surface area contributed by atoms with Crippen molar-refractivity contribution in [2.45, 2.75) is 31.3 Å². The highest BCUT2D eigenvalue weighted by Gasteiger charge is 2.41. The van der Waals surface area contributed by atoms with Gasteiger partial charge in [-0.15, -0.1) is 10.2 Å². The Morgan fingerprint density at radius 1 is 1.22 bits per heavy atom. The van der Waals surface area contributed by atoms with E-state index >= 15 is 0 Å². The maximum absolute atomic E-state index is 13.1. The van der Waals surface area contributed by atoms with Gasteiger partial charge in [0.15, 0.2) is 11.9 Å². The Balaban J connectivity index is 1.61. The van der Waals surface area contributed by atoms with Crippen molar-refractivity contribution in [1.82, 2.24) is 19.7 Å². The van der Waals surface area contributed by atoms with Crippen molar-refractivity contribution in [2.75, 3.05) is 11.6 Å². The van der Waals surface area contributed by atoms with E-state index in [1.165, 1.54) is 5.01 Å². The van der Waals surface area contributed by atoms with Gasteiger partial charge in [-0.2, -0.15) is 5.10 Å². The SMILES string of the molecule is Cn1cnnc1C1CCCN1C(=O)C1=NN(c2ccccc2)C(C(=O)O)C1. The molecule has 2 atom stereocenters. The van der Waals surface area contributed by atoms with Crippen molar-refractivity contribution in [1.29, 1.82) is 0 Å². The first-order valence-electron chi connectivity index (χ1n) is 8.85. The fourth-order valence-electron chi connectivity index (χ4n) is 3.69. The van der Waals surface area contributed by atoms with Crippen LogP contribution in [0.1, 0.15) is 31.1 Å². The molecule has 4 rings (SSSR count). The number of carboxylic acid groups (broad SMARTS) is 1. The third-order valence-electron chi connectivity index (χ3n) is 5.02. The molecule has 9 heteroatoms. The second kappa shape index (κ2) is 6.82. The van der Waals surface area contributed by atoms with Gasteiger partial charge in [-0.3, -0.25) is 9.80 Å². The number of rotatable bonds is 4. The number of hydrazone groups is 1. The number of aryl methyl sites for hydroxylation is 1. The van der Waals surface area contributed by atoms with Crippen LogP contribution in [-0.2, 0) is 16.6 Å². The number of para-hydroxylation sites is 1. The minimum Gasteiger partial charge on any atom is -0.480 e. The Bertz CT molecular complexity index is 894. The molecule has 2 aliphatic heterocycles. The molecule has 2 unspecified atom stereocenters. The zero-order valence-corrected chi connectivity index (χ0v) is 14.9. The summed E-state index contributed by atoms with van der Waals surface area (Å²) < 4.78 is 1.81. The van der Waals surface area contributed by atoms with E-state index in [2.05, 4.69) is 15.3 Å². The predicted molar refractivity (Wildman–Crippen MR) is 97.1 cm³/mol. The number of likely N-dealkylation sites (tertiary alicyclic amines) is 1. The van der Waals surface area contributed by atoms with Crippen molar-refractivity contribution in [2.24, 2.45) is 12.1 Å². The number of amides is 1. The zero-order valence-electron chi connectivity index (χ0n) is 14.9. The average molecular weight is 368 g/mol. The summed E-state index contributed by atoms with van der Waals surface area (Å²) in [4.78, 5) is 26.6. The molecule has 2 aliphatic rings. The molecule has 3 heterocycles. The molecule has 0 aliphatic carbocycles. The van der Waals surface area contributed by atoms with E-state index in [0.29, 0.717) is 12.2 Å². The molecular formula is C18H20N6O3. The van der Waals surface area contributed by atoms with E-state index < -0.39 is 12.0 Å². The summed E-state index contributed by atoms with van der Waals surface area (Å²) in [6.45, 7) is 0.596. The Morgan fingerprint density at radius 2 is 2.00 bits per heavy atom. The predicted octanol–water partition coefficient (Wildman–Crippen LogP) is 1.20. The van der Waals surface area contributed by atoms with Gasteiger partial charge in [0.1, 0.15) is 12.0 Å². The Labute approximate surface area is 155 Å². The summed E-state index contributed by atoms with van der Waals surface area (Å²) in [5, 5.41) is 23.4. The second-order valence-electron chi connectivity index (χ2n) is 6.74. The topological polar surface area (TPSA) is 104 Å². The standard InChI is InChI=1S/C18H20N6O3/c1-22-11-19-20-16(22)14-8-5-9-23(14)17(25)13-10-15(18(26)27)24(21-13)12-6-3-2-4-7-12/h2-4,6-7,11,14-15H,5,8-10H2,1H3,(H,26,27). The highest BCUT2D eigenvalue weighted by Crippen LogP contribution is 2.32. The fraction of sp³-hybridized carbons (Fsp3) is 0.389. The maximum Gasteiger partial charge on any atom is 0.328 e. The smallest absolute Gasteiger partial charge is 0.328 e. The summed E-state index contributed by atoms with van der Waals surface area (Å²) in [5.41, 5.74) is 0.916. The number of aliphatic carboxylic acids is 1. The lowest BCUT2D eigenvalue weighted by atomic mass is 10.1. The normalized spacial score (nSPS) is 22.2. The van der Waals surface area contributed by atoms with Crippen LogP contribution in [0, 0.1) is 0 Å². The van der Waals surface area contributed by atoms with Crippen molar-refractivity contribution in [3.63, 3.8) is 0 Å². The van der Waals surface area contributed by atoms with E-state index in [0.717, 1.165) is 18.7 Å². The number of anilines is 1. The summed E-state index contributed by atoms with van der Waals surface area (Å²) in [6.07, 6.45) is 3.35. The Kier molecular flexibility index (Phi) is 4.35. The molecule has 0 saturated carbocycles. The monoisotopic (exact) mass is 368 g/mol. The number of nitrogens with zero attached hydrogens (tertiary/aromatic N) is 6. The van der Waals surface area contributed by atoms with E-state index in [9.17, 15) is 14.7 Å². The van der Waals surface area contributed by atoms with Crippen LogP contribution in [0.3, 0.4) is 0 Å². The Morgan fingerprint density at radius 3 is 2.67 bits per heavy atom. The van der Waals surface area contributed by atoms with E-state index in [-0.39, 0.29) is 24.1 Å². The molecule has 140 valence electrons. The van der Waals surface area contributed by atoms with Gasteiger partial charge in [0.2, 0.25) is 0 Å². The third kappa shape index (κ3) is 3.05. The number of benzene rings is 1. The van der Waals surface area contributed by atoms with Gasteiger partial charge in [0.05, 0.1) is 11.7 Å². The zero-order chi connectivity index (χ0) is 19.0. The van der Waals surface area contributed by atoms with Crippen LogP contribution >= 0.6 is 0 Å². The first-order valence-corrected chi connectivity index (χ1v) is 8.85. The highest BCUT2D eigenvalue weighted by molar-refractivity contribution is 6.40. The van der Waals surface area contributed by atoms with Gasteiger partial charge >= 0.3 is 5.97 Å². The number of aromatic nitrogens is 3. The average Bonchev–Trinajstić information content (AvgIpc) is 3.40. The molecule has 1 fully saturated rings. The van der Waals surface area contributed by atoms with E-state index in [1.807, 2.05) is 29.8 Å². The lowest BCUT2D eigenvalue weighted by Crippen LogP contribution is -2.38. The molecule has 0 radical (unpaired) electrons. The molecule has 1 aromatic heterocycles. The van der Waals surface area contributed by atoms with Crippen LogP contribution in [0.5, 0.6) is 0 Å². The van der Waals surface area contributed by atoms with Crippen LogP contribution in [-0.4, -0.2) is 54.9 Å². The lowest BCUT2D eigenvalue weighted by molar-refractivity contribution is -0.138. The van der Waals surface area contributed by atoms with Gasteiger partial charge in [0, 0.05) is 20.0 Å². The number of hydrogen-bond acceptors (Lipinski definition) is 6. The molecule has 1 amide bonds. The fourth-order valence-corrected chi connectivity index (χ4v) is 3.69. The summed E-state index contributed by atoms with van der Waals surface area (Å²) in [6, 6.07) is 7.99. The quantitative estimate of drug-likeness (QED) is 0.870. The van der Waals surface area contributed by atoms with Gasteiger partial charge in [-0.25, -0.2) is 4.79 Å². The minimum atomic E-state index is -1.00. The second-order valence-corrected chi connectivity index (χ2v) is 6.74. The lowest BCUT2D eigenvalue weighted by Gasteiger charge is -2.23. The number of hydrogen-bond donors (Lipinski definition) is 1. The first kappa shape index (κ1) is 17.2. The van der Waals surface area contributed by atoms with Crippen LogP contribution in [0.4, 0.5) is 5.69 Å². The minimum absolute atomic E-state index is 0.0745. The number of carbonyl (C=O) groups excluding carboxylic acids is 1. The summed E-state index contributed by atoms with van der Waals surface area (Å²) >= 11 is 0. The highest BCUT2D eigenvalue weighted by atomic mass is 16.4. The summed E-state index contributed by atoms with van der Waals surface area (Å²) in [5.74, 6) is -0.504. The van der Waals surface area contributed by atoms with Crippen LogP contribution in [0.15, 0.2) is 41.8 Å². The van der Waals surface area contributed by atoms with Crippen molar-refractivity contribution < 1.29 is 14.7 Å². The molecule has 2 aromatic rings. The van der Waals surface area contributed by atoms with Gasteiger partial charge in [0.25, 0.3) is 5.91 Å². The molecule has 27 heavy (non-hydrogen) atoms. The molecule has 1 aromatic carbocycles.